The van der Waals surface area contributed by atoms with Crippen molar-refractivity contribution in [3.63, 3.8) is 0 Å². The smallest absolute Gasteiger partial charge is 1.00 e. The Kier molecular flexibility index (Phi) is 12.9. The summed E-state index contributed by atoms with van der Waals surface area (Å²) in [6.45, 7) is 2.71. The zero-order valence-electron chi connectivity index (χ0n) is 10.9. The molecule has 0 aliphatic carbocycles. The van der Waals surface area contributed by atoms with Crippen molar-refractivity contribution >= 4 is 40.0 Å². The third-order valence-electron chi connectivity index (χ3n) is 2.41. The predicted octanol–water partition coefficient (Wildman–Crippen LogP) is 0.677. The summed E-state index contributed by atoms with van der Waals surface area (Å²) in [5, 5.41) is 0. The van der Waals surface area contributed by atoms with E-state index in [2.05, 4.69) is 24.3 Å². The van der Waals surface area contributed by atoms with E-state index in [4.69, 9.17) is 4.74 Å². The molecule has 0 unspecified atom stereocenters. The molecule has 0 spiro atoms. The largest absolute Gasteiger partial charge is 2.00 e. The molecule has 0 fully saturated rings. The van der Waals surface area contributed by atoms with E-state index in [1.54, 1.807) is 0 Å². The average molecular weight is 352 g/mol. The SMILES string of the molecule is Br.CCOc1ccc(Cc2c[c-]ccc2)cc1.[Cl-].[Mg+2]. The molecule has 2 aromatic rings. The van der Waals surface area contributed by atoms with Gasteiger partial charge in [0.2, 0.25) is 0 Å². The van der Waals surface area contributed by atoms with Gasteiger partial charge in [0.25, 0.3) is 0 Å². The molecule has 0 radical (unpaired) electrons. The van der Waals surface area contributed by atoms with Crippen LogP contribution in [0.2, 0.25) is 0 Å². The fourth-order valence-electron chi connectivity index (χ4n) is 1.65. The second-order valence-corrected chi connectivity index (χ2v) is 3.67. The van der Waals surface area contributed by atoms with Gasteiger partial charge in [-0.3, -0.25) is 0 Å². The summed E-state index contributed by atoms with van der Waals surface area (Å²) in [5.41, 5.74) is 2.58. The van der Waals surface area contributed by atoms with Gasteiger partial charge in [-0.25, -0.2) is 0 Å². The third kappa shape index (κ3) is 7.21. The Bertz CT molecular complexity index is 434. The molecule has 0 atom stereocenters. The van der Waals surface area contributed by atoms with Gasteiger partial charge in [-0.1, -0.05) is 17.7 Å². The van der Waals surface area contributed by atoms with Crippen LogP contribution in [0.1, 0.15) is 18.1 Å². The summed E-state index contributed by atoms with van der Waals surface area (Å²) in [7, 11) is 0. The van der Waals surface area contributed by atoms with Crippen LogP contribution in [0.4, 0.5) is 0 Å². The second kappa shape index (κ2) is 11.6. The van der Waals surface area contributed by atoms with Gasteiger partial charge >= 0.3 is 23.1 Å². The minimum atomic E-state index is 0. The van der Waals surface area contributed by atoms with Crippen molar-refractivity contribution in [1.82, 2.24) is 0 Å². The number of halogens is 2. The molecule has 19 heavy (non-hydrogen) atoms. The summed E-state index contributed by atoms with van der Waals surface area (Å²) in [6.07, 6.45) is 0.948. The number of hydrogen-bond acceptors (Lipinski definition) is 1. The predicted molar refractivity (Wildman–Crippen MR) is 81.8 cm³/mol. The fourth-order valence-corrected chi connectivity index (χ4v) is 1.65. The summed E-state index contributed by atoms with van der Waals surface area (Å²) in [4.78, 5) is 0. The molecule has 0 amide bonds. The Morgan fingerprint density at radius 1 is 1.05 bits per heavy atom. The fraction of sp³-hybridized carbons (Fsp3) is 0.200. The standard InChI is InChI=1S/C15H15O.BrH.ClH.Mg/c1-2-16-15-10-8-14(9-11-15)12-13-6-4-3-5-7-13;;;/h3-4,6-11H,2,12H2,1H3;2*1H;/q-1;;;+2/p-1. The molecule has 98 valence electrons. The van der Waals surface area contributed by atoms with E-state index in [0.717, 1.165) is 12.2 Å². The molecule has 0 saturated carbocycles. The Labute approximate surface area is 148 Å². The van der Waals surface area contributed by atoms with Gasteiger partial charge < -0.3 is 17.1 Å². The first-order chi connectivity index (χ1) is 7.88. The van der Waals surface area contributed by atoms with Gasteiger partial charge in [0.05, 0.1) is 6.61 Å². The maximum atomic E-state index is 5.40. The molecule has 0 bridgehead atoms. The van der Waals surface area contributed by atoms with Gasteiger partial charge in [0.15, 0.2) is 0 Å². The number of rotatable bonds is 4. The van der Waals surface area contributed by atoms with Crippen LogP contribution in [-0.2, 0) is 6.42 Å². The first kappa shape index (κ1) is 21.1. The van der Waals surface area contributed by atoms with Crippen LogP contribution in [0, 0.1) is 6.07 Å². The maximum Gasteiger partial charge on any atom is 2.00 e. The Morgan fingerprint density at radius 2 is 1.74 bits per heavy atom. The van der Waals surface area contributed by atoms with E-state index >= 15 is 0 Å². The van der Waals surface area contributed by atoms with E-state index in [9.17, 15) is 0 Å². The van der Waals surface area contributed by atoms with Crippen molar-refractivity contribution < 1.29 is 17.1 Å². The van der Waals surface area contributed by atoms with Gasteiger partial charge in [-0.05, 0) is 25.5 Å². The Hall–Kier alpha value is -0.224. The Morgan fingerprint density at radius 3 is 2.26 bits per heavy atom. The zero-order valence-corrected chi connectivity index (χ0v) is 14.8. The molecule has 0 heterocycles. The number of ether oxygens (including phenoxy) is 1. The molecule has 4 heteroatoms. The molecular weight excluding hydrogens is 336 g/mol. The normalized spacial score (nSPS) is 8.47. The monoisotopic (exact) mass is 350 g/mol. The number of benzene rings is 2. The van der Waals surface area contributed by atoms with Crippen LogP contribution in [0.25, 0.3) is 0 Å². The minimum absolute atomic E-state index is 0. The van der Waals surface area contributed by atoms with Crippen LogP contribution >= 0.6 is 17.0 Å². The zero-order chi connectivity index (χ0) is 11.2. The van der Waals surface area contributed by atoms with Crippen molar-refractivity contribution in [2.75, 3.05) is 6.61 Å². The van der Waals surface area contributed by atoms with Crippen molar-refractivity contribution in [1.29, 1.82) is 0 Å². The molecule has 0 N–H and O–H groups in total. The van der Waals surface area contributed by atoms with Crippen LogP contribution in [0.5, 0.6) is 5.75 Å². The van der Waals surface area contributed by atoms with E-state index in [1.807, 2.05) is 37.3 Å². The molecule has 2 rings (SSSR count). The van der Waals surface area contributed by atoms with Crippen LogP contribution in [0.15, 0.2) is 48.5 Å². The van der Waals surface area contributed by atoms with Crippen LogP contribution < -0.4 is 17.1 Å². The summed E-state index contributed by atoms with van der Waals surface area (Å²) in [6, 6.07) is 19.4. The first-order valence-corrected chi connectivity index (χ1v) is 5.55. The van der Waals surface area contributed by atoms with E-state index in [0.29, 0.717) is 6.61 Å². The average Bonchev–Trinajstić information content (AvgIpc) is 2.33. The van der Waals surface area contributed by atoms with E-state index in [-0.39, 0.29) is 52.4 Å². The second-order valence-electron chi connectivity index (χ2n) is 3.67. The van der Waals surface area contributed by atoms with Crippen LogP contribution in [-0.4, -0.2) is 29.7 Å². The van der Waals surface area contributed by atoms with Gasteiger partial charge in [0.1, 0.15) is 5.75 Å². The van der Waals surface area contributed by atoms with Crippen molar-refractivity contribution in [3.8, 4) is 5.75 Å². The molecule has 0 aliphatic rings. The maximum absolute atomic E-state index is 5.40. The molecule has 0 aromatic heterocycles. The van der Waals surface area contributed by atoms with Crippen molar-refractivity contribution in [2.24, 2.45) is 0 Å². The molecular formula is C15H16BrClMgO. The third-order valence-corrected chi connectivity index (χ3v) is 2.41. The Balaban J connectivity index is 0. The van der Waals surface area contributed by atoms with Gasteiger partial charge in [-0.2, -0.15) is 35.9 Å². The molecule has 0 aliphatic heterocycles. The van der Waals surface area contributed by atoms with Gasteiger partial charge in [0, 0.05) is 0 Å². The first-order valence-electron chi connectivity index (χ1n) is 5.55. The summed E-state index contributed by atoms with van der Waals surface area (Å²) >= 11 is 0. The van der Waals surface area contributed by atoms with Crippen LogP contribution in [0.3, 0.4) is 0 Å². The minimum Gasteiger partial charge on any atom is -1.00 e. The van der Waals surface area contributed by atoms with Crippen molar-refractivity contribution in [3.05, 3.63) is 65.7 Å². The quantitative estimate of drug-likeness (QED) is 0.581. The van der Waals surface area contributed by atoms with Gasteiger partial charge in [-0.15, -0.1) is 17.0 Å². The summed E-state index contributed by atoms with van der Waals surface area (Å²) in [5.74, 6) is 0.936. The van der Waals surface area contributed by atoms with E-state index < -0.39 is 0 Å². The van der Waals surface area contributed by atoms with E-state index in [1.165, 1.54) is 11.1 Å². The molecule has 0 saturated heterocycles. The number of hydrogen-bond donors (Lipinski definition) is 0. The summed E-state index contributed by atoms with van der Waals surface area (Å²) < 4.78 is 5.40. The molecule has 1 nitrogen and oxygen atoms in total. The van der Waals surface area contributed by atoms with Crippen molar-refractivity contribution in [2.45, 2.75) is 13.3 Å². The topological polar surface area (TPSA) is 9.23 Å². The molecule has 2 aromatic carbocycles.